The molecule has 0 unspecified atom stereocenters. The predicted molar refractivity (Wildman–Crippen MR) is 98.4 cm³/mol. The van der Waals surface area contributed by atoms with Crippen LogP contribution in [0.4, 0.5) is 14.6 Å². The molecule has 11 heteroatoms. The number of nitrogens with one attached hydrogen (secondary N) is 1. The van der Waals surface area contributed by atoms with E-state index in [0.717, 1.165) is 18.1 Å². The summed E-state index contributed by atoms with van der Waals surface area (Å²) in [6.07, 6.45) is 1.29. The Hall–Kier alpha value is -3.21. The van der Waals surface area contributed by atoms with Gasteiger partial charge >= 0.3 is 0 Å². The molecule has 0 bridgehead atoms. The molecule has 1 atom stereocenters. The fraction of sp³-hybridized carbons (Fsp3) is 0.389. The SMILES string of the molecule is Cc1cc(-c2nc(O[C@@H](C)c3ncc(F)cn3)c(F)c(N3CCOCC3)n2)n[nH]1. The van der Waals surface area contributed by atoms with Gasteiger partial charge in [-0.15, -0.1) is 0 Å². The van der Waals surface area contributed by atoms with Crippen molar-refractivity contribution in [3.63, 3.8) is 0 Å². The van der Waals surface area contributed by atoms with Gasteiger partial charge in [0.2, 0.25) is 5.82 Å². The zero-order valence-corrected chi connectivity index (χ0v) is 15.9. The van der Waals surface area contributed by atoms with E-state index in [1.54, 1.807) is 17.9 Å². The van der Waals surface area contributed by atoms with Crippen molar-refractivity contribution in [1.29, 1.82) is 0 Å². The highest BCUT2D eigenvalue weighted by Crippen LogP contribution is 2.30. The van der Waals surface area contributed by atoms with E-state index in [4.69, 9.17) is 9.47 Å². The highest BCUT2D eigenvalue weighted by Gasteiger charge is 2.25. The lowest BCUT2D eigenvalue weighted by Gasteiger charge is -2.28. The Kier molecular flexibility index (Phi) is 5.30. The Labute approximate surface area is 165 Å². The van der Waals surface area contributed by atoms with Gasteiger partial charge < -0.3 is 14.4 Å². The van der Waals surface area contributed by atoms with Crippen molar-refractivity contribution in [2.45, 2.75) is 20.0 Å². The zero-order valence-electron chi connectivity index (χ0n) is 15.9. The van der Waals surface area contributed by atoms with Crippen LogP contribution in [0.15, 0.2) is 18.5 Å². The Balaban J connectivity index is 1.71. The van der Waals surface area contributed by atoms with E-state index in [2.05, 4.69) is 30.1 Å². The maximum absolute atomic E-state index is 15.2. The minimum atomic E-state index is -0.758. The molecule has 4 heterocycles. The highest BCUT2D eigenvalue weighted by molar-refractivity contribution is 5.56. The summed E-state index contributed by atoms with van der Waals surface area (Å²) in [5, 5.41) is 6.97. The molecule has 0 aromatic carbocycles. The minimum absolute atomic E-state index is 0.112. The van der Waals surface area contributed by atoms with Crippen LogP contribution in [0.3, 0.4) is 0 Å². The Bertz CT molecular complexity index is 990. The van der Waals surface area contributed by atoms with Crippen LogP contribution in [-0.2, 0) is 4.74 Å². The van der Waals surface area contributed by atoms with Gasteiger partial charge in [0.05, 0.1) is 25.6 Å². The molecule has 9 nitrogen and oxygen atoms in total. The number of nitrogens with zero attached hydrogens (tertiary/aromatic N) is 6. The Morgan fingerprint density at radius 3 is 2.55 bits per heavy atom. The first-order valence-corrected chi connectivity index (χ1v) is 9.08. The van der Waals surface area contributed by atoms with E-state index in [-0.39, 0.29) is 23.3 Å². The van der Waals surface area contributed by atoms with Crippen molar-refractivity contribution in [3.05, 3.63) is 41.6 Å². The summed E-state index contributed by atoms with van der Waals surface area (Å²) in [6, 6.07) is 1.76. The molecule has 0 aliphatic carbocycles. The summed E-state index contributed by atoms with van der Waals surface area (Å²) in [5.74, 6) is -0.982. The third-order valence-electron chi connectivity index (χ3n) is 4.34. The fourth-order valence-electron chi connectivity index (χ4n) is 2.88. The second-order valence-corrected chi connectivity index (χ2v) is 6.55. The number of hydrogen-bond donors (Lipinski definition) is 1. The first-order valence-electron chi connectivity index (χ1n) is 9.08. The van der Waals surface area contributed by atoms with Crippen LogP contribution in [0.25, 0.3) is 11.5 Å². The van der Waals surface area contributed by atoms with E-state index in [9.17, 15) is 4.39 Å². The number of halogens is 2. The molecule has 3 aromatic heterocycles. The molecule has 0 radical (unpaired) electrons. The fourth-order valence-corrected chi connectivity index (χ4v) is 2.88. The van der Waals surface area contributed by atoms with Crippen LogP contribution in [-0.4, -0.2) is 56.4 Å². The monoisotopic (exact) mass is 403 g/mol. The van der Waals surface area contributed by atoms with Gasteiger partial charge in [0, 0.05) is 18.8 Å². The van der Waals surface area contributed by atoms with E-state index >= 15 is 4.39 Å². The molecule has 3 aromatic rings. The van der Waals surface area contributed by atoms with Crippen LogP contribution in [0.2, 0.25) is 0 Å². The van der Waals surface area contributed by atoms with Gasteiger partial charge in [-0.05, 0) is 19.9 Å². The molecule has 0 amide bonds. The third kappa shape index (κ3) is 4.14. The number of rotatable bonds is 5. The molecule has 29 heavy (non-hydrogen) atoms. The molecule has 1 fully saturated rings. The van der Waals surface area contributed by atoms with Crippen molar-refractivity contribution in [3.8, 4) is 17.4 Å². The van der Waals surface area contributed by atoms with Crippen molar-refractivity contribution in [2.75, 3.05) is 31.2 Å². The number of aromatic nitrogens is 6. The highest BCUT2D eigenvalue weighted by atomic mass is 19.1. The molecule has 1 aliphatic heterocycles. The van der Waals surface area contributed by atoms with E-state index < -0.39 is 17.7 Å². The second kappa shape index (κ2) is 8.03. The minimum Gasteiger partial charge on any atom is -0.464 e. The van der Waals surface area contributed by atoms with Crippen LogP contribution in [0.1, 0.15) is 24.5 Å². The van der Waals surface area contributed by atoms with Crippen LogP contribution in [0.5, 0.6) is 5.88 Å². The van der Waals surface area contributed by atoms with Gasteiger partial charge in [-0.1, -0.05) is 0 Å². The third-order valence-corrected chi connectivity index (χ3v) is 4.34. The Morgan fingerprint density at radius 1 is 1.17 bits per heavy atom. The lowest BCUT2D eigenvalue weighted by Crippen LogP contribution is -2.37. The summed E-state index contributed by atoms with van der Waals surface area (Å²) in [6.45, 7) is 5.38. The molecular weight excluding hydrogens is 384 g/mol. The van der Waals surface area contributed by atoms with Gasteiger partial charge in [-0.2, -0.15) is 14.5 Å². The topological polar surface area (TPSA) is 102 Å². The standard InChI is InChI=1S/C18H19F2N7O2/c1-10-7-13(26-25-10)16-23-17(27-3-5-28-6-4-27)14(20)18(24-16)29-11(2)15-21-8-12(19)9-22-15/h7-9,11H,3-6H2,1-2H3,(H,25,26)/t11-/m0/s1. The number of H-pyrrole nitrogens is 1. The first kappa shape index (κ1) is 19.1. The summed E-state index contributed by atoms with van der Waals surface area (Å²) in [5.41, 5.74) is 1.28. The molecule has 0 saturated carbocycles. The number of aromatic amines is 1. The Morgan fingerprint density at radius 2 is 1.90 bits per heavy atom. The van der Waals surface area contributed by atoms with Crippen LogP contribution in [0, 0.1) is 18.6 Å². The number of anilines is 1. The van der Waals surface area contributed by atoms with Crippen LogP contribution < -0.4 is 9.64 Å². The van der Waals surface area contributed by atoms with Crippen molar-refractivity contribution in [1.82, 2.24) is 30.1 Å². The van der Waals surface area contributed by atoms with Crippen molar-refractivity contribution >= 4 is 5.82 Å². The van der Waals surface area contributed by atoms with Crippen molar-refractivity contribution in [2.24, 2.45) is 0 Å². The molecule has 1 aliphatic rings. The summed E-state index contributed by atoms with van der Waals surface area (Å²) in [4.78, 5) is 18.1. The normalized spacial score (nSPS) is 15.4. The average molecular weight is 403 g/mol. The maximum Gasteiger partial charge on any atom is 0.257 e. The molecule has 0 spiro atoms. The lowest BCUT2D eigenvalue weighted by molar-refractivity contribution is 0.121. The quantitative estimate of drug-likeness (QED) is 0.692. The van der Waals surface area contributed by atoms with E-state index in [0.29, 0.717) is 32.0 Å². The van der Waals surface area contributed by atoms with Gasteiger partial charge in [0.15, 0.2) is 29.4 Å². The van der Waals surface area contributed by atoms with Gasteiger partial charge in [0.1, 0.15) is 5.69 Å². The number of ether oxygens (including phenoxy) is 2. The largest absolute Gasteiger partial charge is 0.464 e. The van der Waals surface area contributed by atoms with E-state index in [1.807, 2.05) is 6.92 Å². The number of aryl methyl sites for hydroxylation is 1. The maximum atomic E-state index is 15.2. The van der Waals surface area contributed by atoms with Gasteiger partial charge in [-0.25, -0.2) is 19.3 Å². The molecule has 1 N–H and O–H groups in total. The molecular formula is C18H19F2N7O2. The van der Waals surface area contributed by atoms with Crippen molar-refractivity contribution < 1.29 is 18.3 Å². The van der Waals surface area contributed by atoms with E-state index in [1.165, 1.54) is 0 Å². The smallest absolute Gasteiger partial charge is 0.257 e. The predicted octanol–water partition coefficient (Wildman–Crippen LogP) is 2.22. The number of hydrogen-bond acceptors (Lipinski definition) is 8. The summed E-state index contributed by atoms with van der Waals surface area (Å²) < 4.78 is 39.3. The molecule has 152 valence electrons. The average Bonchev–Trinajstić information content (AvgIpc) is 3.17. The molecule has 4 rings (SSSR count). The number of morpholine rings is 1. The lowest BCUT2D eigenvalue weighted by atomic mass is 10.3. The second-order valence-electron chi connectivity index (χ2n) is 6.55. The van der Waals surface area contributed by atoms with Gasteiger partial charge in [-0.3, -0.25) is 5.10 Å². The van der Waals surface area contributed by atoms with Gasteiger partial charge in [0.25, 0.3) is 5.88 Å². The zero-order chi connectivity index (χ0) is 20.4. The first-order chi connectivity index (χ1) is 14.0. The summed E-state index contributed by atoms with van der Waals surface area (Å²) >= 11 is 0. The summed E-state index contributed by atoms with van der Waals surface area (Å²) in [7, 11) is 0. The molecule has 1 saturated heterocycles. The van der Waals surface area contributed by atoms with Crippen LogP contribution >= 0.6 is 0 Å².